The molecule has 7 heteroatoms. The van der Waals surface area contributed by atoms with Gasteiger partial charge in [-0.25, -0.2) is 9.97 Å². The maximum absolute atomic E-state index is 12.6. The topological polar surface area (TPSA) is 74.6 Å². The van der Waals surface area contributed by atoms with Gasteiger partial charge in [0.25, 0.3) is 5.91 Å². The van der Waals surface area contributed by atoms with E-state index in [0.717, 1.165) is 48.9 Å². The molecule has 0 radical (unpaired) electrons. The number of aryl methyl sites for hydroxylation is 1. The molecule has 1 saturated heterocycles. The van der Waals surface area contributed by atoms with Gasteiger partial charge in [0.05, 0.1) is 16.9 Å². The quantitative estimate of drug-likeness (QED) is 0.745. The molecule has 0 spiro atoms. The highest BCUT2D eigenvalue weighted by atomic mass is 16.1. The van der Waals surface area contributed by atoms with Crippen LogP contribution < -0.4 is 15.5 Å². The van der Waals surface area contributed by atoms with Crippen molar-refractivity contribution in [2.75, 3.05) is 36.4 Å². The van der Waals surface area contributed by atoms with Gasteiger partial charge in [-0.1, -0.05) is 12.7 Å². The van der Waals surface area contributed by atoms with Crippen molar-refractivity contribution in [1.29, 1.82) is 0 Å². The lowest BCUT2D eigenvalue weighted by Gasteiger charge is -2.28. The summed E-state index contributed by atoms with van der Waals surface area (Å²) in [6.45, 7) is 9.52. The van der Waals surface area contributed by atoms with E-state index in [1.54, 1.807) is 12.3 Å². The second-order valence-electron chi connectivity index (χ2n) is 6.60. The number of amides is 1. The van der Waals surface area contributed by atoms with E-state index in [-0.39, 0.29) is 5.91 Å². The summed E-state index contributed by atoms with van der Waals surface area (Å²) in [5, 5.41) is 6.25. The fourth-order valence-electron chi connectivity index (χ4n) is 3.27. The summed E-state index contributed by atoms with van der Waals surface area (Å²) in [6.07, 6.45) is 7.13. The third-order valence-electron chi connectivity index (χ3n) is 4.63. The first-order valence-corrected chi connectivity index (χ1v) is 8.99. The minimum atomic E-state index is -0.194. The molecule has 1 amide bonds. The number of pyridine rings is 2. The van der Waals surface area contributed by atoms with E-state index in [1.165, 1.54) is 0 Å². The summed E-state index contributed by atoms with van der Waals surface area (Å²) < 4.78 is 1.90. The third kappa shape index (κ3) is 3.54. The van der Waals surface area contributed by atoms with Crippen LogP contribution in [-0.4, -0.2) is 46.5 Å². The van der Waals surface area contributed by atoms with Crippen LogP contribution in [0.3, 0.4) is 0 Å². The number of anilines is 2. The zero-order valence-corrected chi connectivity index (χ0v) is 15.3. The molecule has 0 atom stereocenters. The second-order valence-corrected chi connectivity index (χ2v) is 6.60. The van der Waals surface area contributed by atoms with Gasteiger partial charge < -0.3 is 19.9 Å². The molecule has 1 aliphatic rings. The first kappa shape index (κ1) is 17.2. The van der Waals surface area contributed by atoms with Crippen molar-refractivity contribution in [2.24, 2.45) is 0 Å². The van der Waals surface area contributed by atoms with Crippen LogP contribution in [0.2, 0.25) is 0 Å². The van der Waals surface area contributed by atoms with E-state index >= 15 is 0 Å². The summed E-state index contributed by atoms with van der Waals surface area (Å²) in [7, 11) is 0. The molecule has 0 saturated carbocycles. The Morgan fingerprint density at radius 2 is 2.11 bits per heavy atom. The largest absolute Gasteiger partial charge is 0.354 e. The molecule has 4 heterocycles. The number of rotatable bonds is 4. The number of fused-ring (bicyclic) bond motifs is 1. The summed E-state index contributed by atoms with van der Waals surface area (Å²) >= 11 is 0. The monoisotopic (exact) mass is 362 g/mol. The average molecular weight is 362 g/mol. The highest BCUT2D eigenvalue weighted by molar-refractivity contribution is 6.04. The number of carbonyl (C=O) groups is 1. The van der Waals surface area contributed by atoms with Gasteiger partial charge >= 0.3 is 0 Å². The van der Waals surface area contributed by atoms with Crippen molar-refractivity contribution in [1.82, 2.24) is 19.7 Å². The minimum absolute atomic E-state index is 0.194. The summed E-state index contributed by atoms with van der Waals surface area (Å²) in [6, 6.07) is 5.58. The standard InChI is InChI=1S/C20H22N6O/c1-3-15-10-17(13-26-12-14(2)23-19(15)26)24-20(27)16-4-5-18(22-11-16)25-8-6-21-7-9-25/h3-5,10-13,21H,1,6-9H2,2H3,(H,24,27). The molecule has 3 aromatic rings. The Balaban J connectivity index is 1.53. The zero-order valence-electron chi connectivity index (χ0n) is 15.3. The van der Waals surface area contributed by atoms with E-state index in [9.17, 15) is 4.79 Å². The molecule has 7 nitrogen and oxygen atoms in total. The Kier molecular flexibility index (Phi) is 4.60. The van der Waals surface area contributed by atoms with Crippen LogP contribution in [0.4, 0.5) is 11.5 Å². The number of piperazine rings is 1. The maximum Gasteiger partial charge on any atom is 0.257 e. The molecule has 1 aliphatic heterocycles. The Morgan fingerprint density at radius 1 is 1.30 bits per heavy atom. The number of nitrogens with one attached hydrogen (secondary N) is 2. The van der Waals surface area contributed by atoms with Gasteiger partial charge in [0.15, 0.2) is 0 Å². The number of nitrogens with zero attached hydrogens (tertiary/aromatic N) is 4. The van der Waals surface area contributed by atoms with Crippen molar-refractivity contribution in [3.8, 4) is 0 Å². The lowest BCUT2D eigenvalue weighted by atomic mass is 10.2. The molecule has 0 bridgehead atoms. The highest BCUT2D eigenvalue weighted by Crippen LogP contribution is 2.19. The van der Waals surface area contributed by atoms with Gasteiger partial charge in [-0.05, 0) is 25.1 Å². The molecule has 138 valence electrons. The fourth-order valence-corrected chi connectivity index (χ4v) is 3.27. The van der Waals surface area contributed by atoms with Gasteiger partial charge in [-0.15, -0.1) is 0 Å². The molecule has 0 unspecified atom stereocenters. The molecule has 27 heavy (non-hydrogen) atoms. The highest BCUT2D eigenvalue weighted by Gasteiger charge is 2.14. The normalized spacial score (nSPS) is 14.3. The summed E-state index contributed by atoms with van der Waals surface area (Å²) in [4.78, 5) is 23.8. The lowest BCUT2D eigenvalue weighted by Crippen LogP contribution is -2.43. The van der Waals surface area contributed by atoms with Crippen molar-refractivity contribution < 1.29 is 4.79 Å². The number of hydrogen-bond acceptors (Lipinski definition) is 5. The van der Waals surface area contributed by atoms with Gasteiger partial charge in [0.2, 0.25) is 0 Å². The average Bonchev–Trinajstić information content (AvgIpc) is 3.08. The van der Waals surface area contributed by atoms with Crippen LogP contribution >= 0.6 is 0 Å². The minimum Gasteiger partial charge on any atom is -0.354 e. The molecule has 0 aliphatic carbocycles. The molecule has 3 aromatic heterocycles. The smallest absolute Gasteiger partial charge is 0.257 e. The molecule has 2 N–H and O–H groups in total. The number of imidazole rings is 1. The van der Waals surface area contributed by atoms with Crippen LogP contribution in [0.1, 0.15) is 21.6 Å². The Bertz CT molecular complexity index is 986. The first-order chi connectivity index (χ1) is 13.1. The van der Waals surface area contributed by atoms with Crippen LogP contribution in [0.15, 0.2) is 43.4 Å². The Labute approximate surface area is 157 Å². The van der Waals surface area contributed by atoms with Crippen LogP contribution in [0.5, 0.6) is 0 Å². The van der Waals surface area contributed by atoms with Crippen LogP contribution in [-0.2, 0) is 0 Å². The predicted molar refractivity (Wildman–Crippen MR) is 107 cm³/mol. The van der Waals surface area contributed by atoms with Crippen molar-refractivity contribution >= 4 is 29.1 Å². The van der Waals surface area contributed by atoms with E-state index in [0.29, 0.717) is 11.3 Å². The van der Waals surface area contributed by atoms with Crippen molar-refractivity contribution in [3.05, 3.63) is 60.2 Å². The number of carbonyl (C=O) groups excluding carboxylic acids is 1. The predicted octanol–water partition coefficient (Wildman–Crippen LogP) is 2.34. The van der Waals surface area contributed by atoms with E-state index in [2.05, 4.69) is 32.1 Å². The maximum atomic E-state index is 12.6. The summed E-state index contributed by atoms with van der Waals surface area (Å²) in [5.41, 5.74) is 3.81. The molecule has 1 fully saturated rings. The Hall–Kier alpha value is -3.19. The van der Waals surface area contributed by atoms with Crippen molar-refractivity contribution in [2.45, 2.75) is 6.92 Å². The number of hydrogen-bond donors (Lipinski definition) is 2. The van der Waals surface area contributed by atoms with Crippen LogP contribution in [0, 0.1) is 6.92 Å². The second kappa shape index (κ2) is 7.20. The van der Waals surface area contributed by atoms with Crippen molar-refractivity contribution in [3.63, 3.8) is 0 Å². The molecule has 0 aromatic carbocycles. The van der Waals surface area contributed by atoms with E-state index < -0.39 is 0 Å². The van der Waals surface area contributed by atoms with Gasteiger partial charge in [-0.3, -0.25) is 4.79 Å². The first-order valence-electron chi connectivity index (χ1n) is 8.99. The zero-order chi connectivity index (χ0) is 18.8. The van der Waals surface area contributed by atoms with Crippen LogP contribution in [0.25, 0.3) is 11.7 Å². The molecular formula is C20H22N6O. The molecular weight excluding hydrogens is 340 g/mol. The third-order valence-corrected chi connectivity index (χ3v) is 4.63. The van der Waals surface area contributed by atoms with E-state index in [4.69, 9.17) is 0 Å². The Morgan fingerprint density at radius 3 is 2.81 bits per heavy atom. The van der Waals surface area contributed by atoms with E-state index in [1.807, 2.05) is 41.9 Å². The lowest BCUT2D eigenvalue weighted by molar-refractivity contribution is 0.102. The van der Waals surface area contributed by atoms with Gasteiger partial charge in [0.1, 0.15) is 11.5 Å². The SMILES string of the molecule is C=Cc1cc(NC(=O)c2ccc(N3CCNCC3)nc2)cn2cc(C)nc12. The van der Waals surface area contributed by atoms with Gasteiger partial charge in [0, 0.05) is 50.3 Å². The summed E-state index contributed by atoms with van der Waals surface area (Å²) in [5.74, 6) is 0.706. The number of aromatic nitrogens is 3. The molecule has 4 rings (SSSR count). The fraction of sp³-hybridized carbons (Fsp3) is 0.250. The van der Waals surface area contributed by atoms with Gasteiger partial charge in [-0.2, -0.15) is 0 Å².